The lowest BCUT2D eigenvalue weighted by Gasteiger charge is -2.18. The van der Waals surface area contributed by atoms with Gasteiger partial charge in [-0.05, 0) is 91.8 Å². The summed E-state index contributed by atoms with van der Waals surface area (Å²) in [5.74, 6) is -0.213. The number of hydrogen-bond donors (Lipinski definition) is 3. The number of carbonyl (C=O) groups is 4. The topological polar surface area (TPSA) is 132 Å². The minimum absolute atomic E-state index is 0.00586. The second-order valence-corrected chi connectivity index (χ2v) is 14.3. The fourth-order valence-electron chi connectivity index (χ4n) is 5.53. The summed E-state index contributed by atoms with van der Waals surface area (Å²) in [7, 11) is 4.39. The van der Waals surface area contributed by atoms with Gasteiger partial charge in [0.25, 0.3) is 11.8 Å². The summed E-state index contributed by atoms with van der Waals surface area (Å²) in [4.78, 5) is 54.7. The van der Waals surface area contributed by atoms with E-state index in [9.17, 15) is 19.2 Å². The molecule has 1 heterocycles. The van der Waals surface area contributed by atoms with E-state index in [1.807, 2.05) is 6.07 Å². The van der Waals surface area contributed by atoms with Crippen LogP contribution in [0.2, 0.25) is 0 Å². The van der Waals surface area contributed by atoms with Gasteiger partial charge in [-0.3, -0.25) is 14.4 Å². The fourth-order valence-corrected chi connectivity index (χ4v) is 7.85. The molecule has 4 aromatic rings. The molecule has 3 amide bonds. The van der Waals surface area contributed by atoms with E-state index in [0.29, 0.717) is 44.8 Å². The smallest absolute Gasteiger partial charge is 0.341 e. The van der Waals surface area contributed by atoms with Crippen LogP contribution < -0.4 is 25.4 Å². The lowest BCUT2D eigenvalue weighted by Crippen LogP contribution is -2.30. The number of ether oxygens (including phenoxy) is 3. The van der Waals surface area contributed by atoms with Crippen LogP contribution in [-0.2, 0) is 27.2 Å². The summed E-state index contributed by atoms with van der Waals surface area (Å²) in [5, 5.41) is 8.56. The number of methoxy groups -OCH3 is 3. The van der Waals surface area contributed by atoms with Gasteiger partial charge in [-0.1, -0.05) is 37.3 Å². The number of amides is 3. The van der Waals surface area contributed by atoms with Crippen molar-refractivity contribution < 1.29 is 33.4 Å². The zero-order valence-electron chi connectivity index (χ0n) is 28.5. The minimum atomic E-state index is -0.552. The third-order valence-corrected chi connectivity index (χ3v) is 10.4. The van der Waals surface area contributed by atoms with Crippen molar-refractivity contribution in [3.8, 4) is 11.5 Å². The van der Waals surface area contributed by atoms with E-state index >= 15 is 0 Å². The van der Waals surface area contributed by atoms with Gasteiger partial charge in [0, 0.05) is 21.0 Å². The van der Waals surface area contributed by atoms with E-state index in [-0.39, 0.29) is 11.6 Å². The first kappa shape index (κ1) is 36.2. The molecule has 10 nitrogen and oxygen atoms in total. The van der Waals surface area contributed by atoms with Crippen molar-refractivity contribution in [2.75, 3.05) is 32.0 Å². The van der Waals surface area contributed by atoms with Crippen molar-refractivity contribution in [1.82, 2.24) is 5.32 Å². The largest absolute Gasteiger partial charge is 0.493 e. The molecule has 1 aliphatic carbocycles. The van der Waals surface area contributed by atoms with Crippen LogP contribution in [0.1, 0.15) is 57.0 Å². The SMILES string of the molecule is COC(=O)c1c(NC(=O)C(C)Sc2cccc(NC(=O)/C(=C\c3ccc(OC)c(OC)c3)NC(=O)c3ccccc3)c2)sc2c1CCC(C)C2. The van der Waals surface area contributed by atoms with Gasteiger partial charge in [0.1, 0.15) is 10.7 Å². The zero-order valence-corrected chi connectivity index (χ0v) is 30.1. The second kappa shape index (κ2) is 16.6. The maximum atomic E-state index is 13.7. The molecule has 1 aromatic heterocycles. The molecule has 3 N–H and O–H groups in total. The van der Waals surface area contributed by atoms with Crippen LogP contribution in [0.4, 0.5) is 10.7 Å². The van der Waals surface area contributed by atoms with Gasteiger partial charge < -0.3 is 30.2 Å². The molecule has 0 fully saturated rings. The number of thiophene rings is 1. The highest BCUT2D eigenvalue weighted by Gasteiger charge is 2.30. The van der Waals surface area contributed by atoms with Crippen LogP contribution in [0.5, 0.6) is 11.5 Å². The Morgan fingerprint density at radius 3 is 2.40 bits per heavy atom. The van der Waals surface area contributed by atoms with Gasteiger partial charge in [-0.2, -0.15) is 0 Å². The lowest BCUT2D eigenvalue weighted by atomic mass is 9.88. The Hall–Kier alpha value is -5.07. The number of nitrogens with one attached hydrogen (secondary N) is 3. The van der Waals surface area contributed by atoms with Gasteiger partial charge in [0.15, 0.2) is 11.5 Å². The molecule has 0 saturated heterocycles. The summed E-state index contributed by atoms with van der Waals surface area (Å²) >= 11 is 2.75. The van der Waals surface area contributed by atoms with Crippen molar-refractivity contribution in [1.29, 1.82) is 0 Å². The van der Waals surface area contributed by atoms with Crippen molar-refractivity contribution in [2.24, 2.45) is 5.92 Å². The fraction of sp³-hybridized carbons (Fsp3) is 0.263. The molecule has 0 bridgehead atoms. The van der Waals surface area contributed by atoms with Gasteiger partial charge >= 0.3 is 5.97 Å². The Labute approximate surface area is 299 Å². The first-order valence-electron chi connectivity index (χ1n) is 16.0. The number of thioether (sulfide) groups is 1. The van der Waals surface area contributed by atoms with Crippen LogP contribution >= 0.6 is 23.1 Å². The number of carbonyl (C=O) groups excluding carboxylic acids is 4. The number of benzene rings is 3. The first-order valence-corrected chi connectivity index (χ1v) is 17.7. The quantitative estimate of drug-likeness (QED) is 0.0798. The van der Waals surface area contributed by atoms with Crippen LogP contribution in [0, 0.1) is 5.92 Å². The molecule has 12 heteroatoms. The minimum Gasteiger partial charge on any atom is -0.493 e. The summed E-state index contributed by atoms with van der Waals surface area (Å²) < 4.78 is 15.8. The zero-order chi connectivity index (χ0) is 35.8. The average Bonchev–Trinajstić information content (AvgIpc) is 3.47. The van der Waals surface area contributed by atoms with Crippen LogP contribution in [0.3, 0.4) is 0 Å². The summed E-state index contributed by atoms with van der Waals surface area (Å²) in [6, 6.07) is 20.8. The molecule has 5 rings (SSSR count). The predicted molar refractivity (Wildman–Crippen MR) is 197 cm³/mol. The van der Waals surface area contributed by atoms with E-state index in [4.69, 9.17) is 14.2 Å². The Balaban J connectivity index is 1.32. The van der Waals surface area contributed by atoms with Crippen LogP contribution in [0.15, 0.2) is 83.4 Å². The standard InChI is InChI=1S/C38H39N3O7S2/c1-22-14-16-28-32(18-22)50-37(33(28)38(45)48-5)41-34(42)23(2)49-27-13-9-12-26(21-27)39-36(44)29(40-35(43)25-10-7-6-8-11-25)19-24-15-17-30(46-3)31(20-24)47-4/h6-13,15,17,19-23H,14,16,18H2,1-5H3,(H,39,44)(H,40,43)(H,41,42)/b29-19+. The molecule has 260 valence electrons. The number of esters is 1. The molecule has 0 radical (unpaired) electrons. The number of hydrogen-bond acceptors (Lipinski definition) is 9. The third kappa shape index (κ3) is 8.74. The van der Waals surface area contributed by atoms with Crippen molar-refractivity contribution >= 4 is 63.6 Å². The Morgan fingerprint density at radius 1 is 0.920 bits per heavy atom. The molecule has 1 aliphatic rings. The van der Waals surface area contributed by atoms with Crippen LogP contribution in [0.25, 0.3) is 6.08 Å². The summed E-state index contributed by atoms with van der Waals surface area (Å²) in [6.45, 7) is 3.96. The molecule has 0 spiro atoms. The molecule has 50 heavy (non-hydrogen) atoms. The Morgan fingerprint density at radius 2 is 1.68 bits per heavy atom. The number of rotatable bonds is 12. The van der Waals surface area contributed by atoms with E-state index < -0.39 is 23.0 Å². The van der Waals surface area contributed by atoms with E-state index in [1.165, 1.54) is 44.4 Å². The Kier molecular flexibility index (Phi) is 12.0. The Bertz CT molecular complexity index is 1920. The molecule has 0 aliphatic heterocycles. The highest BCUT2D eigenvalue weighted by atomic mass is 32.2. The number of fused-ring (bicyclic) bond motifs is 1. The van der Waals surface area contributed by atoms with Crippen molar-refractivity contribution in [3.05, 3.63) is 106 Å². The van der Waals surface area contributed by atoms with Gasteiger partial charge in [-0.15, -0.1) is 23.1 Å². The van der Waals surface area contributed by atoms with E-state index in [0.717, 1.165) is 34.6 Å². The van der Waals surface area contributed by atoms with Crippen molar-refractivity contribution in [2.45, 2.75) is 43.3 Å². The normalized spacial score (nSPS) is 14.5. The second-order valence-electron chi connectivity index (χ2n) is 11.8. The highest BCUT2D eigenvalue weighted by molar-refractivity contribution is 8.00. The van der Waals surface area contributed by atoms with Crippen LogP contribution in [-0.4, -0.2) is 50.3 Å². The maximum Gasteiger partial charge on any atom is 0.341 e. The molecule has 3 aromatic carbocycles. The van der Waals surface area contributed by atoms with Crippen molar-refractivity contribution in [3.63, 3.8) is 0 Å². The first-order chi connectivity index (χ1) is 24.1. The summed E-state index contributed by atoms with van der Waals surface area (Å²) in [5.41, 5.74) is 2.88. The van der Waals surface area contributed by atoms with E-state index in [1.54, 1.807) is 79.7 Å². The third-order valence-electron chi connectivity index (χ3n) is 8.16. The average molecular weight is 714 g/mol. The van der Waals surface area contributed by atoms with Gasteiger partial charge in [0.2, 0.25) is 5.91 Å². The predicted octanol–water partition coefficient (Wildman–Crippen LogP) is 7.21. The lowest BCUT2D eigenvalue weighted by molar-refractivity contribution is -0.115. The van der Waals surface area contributed by atoms with Gasteiger partial charge in [0.05, 0.1) is 32.1 Å². The van der Waals surface area contributed by atoms with Gasteiger partial charge in [-0.25, -0.2) is 4.79 Å². The highest BCUT2D eigenvalue weighted by Crippen LogP contribution is 2.40. The molecular weight excluding hydrogens is 675 g/mol. The molecule has 2 atom stereocenters. The monoisotopic (exact) mass is 713 g/mol. The number of anilines is 2. The molecule has 0 saturated carbocycles. The van der Waals surface area contributed by atoms with E-state index in [2.05, 4.69) is 22.9 Å². The molecule has 2 unspecified atom stereocenters. The summed E-state index contributed by atoms with van der Waals surface area (Å²) in [6.07, 6.45) is 4.17. The maximum absolute atomic E-state index is 13.7. The molecular formula is C38H39N3O7S2.